The van der Waals surface area contributed by atoms with Crippen LogP contribution in [0.3, 0.4) is 0 Å². The number of aromatic nitrogens is 3. The number of amides is 2. The number of piperidine rings is 1. The van der Waals surface area contributed by atoms with E-state index >= 15 is 0 Å². The minimum Gasteiger partial charge on any atom is -0.344 e. The Hall–Kier alpha value is -2.74. The topological polar surface area (TPSA) is 101 Å². The molecule has 8 heteroatoms. The van der Waals surface area contributed by atoms with Gasteiger partial charge in [0.05, 0.1) is 17.8 Å². The van der Waals surface area contributed by atoms with Crippen molar-refractivity contribution < 1.29 is 9.59 Å². The van der Waals surface area contributed by atoms with Crippen LogP contribution in [0.2, 0.25) is 0 Å². The molecule has 28 heavy (non-hydrogen) atoms. The van der Waals surface area contributed by atoms with Crippen LogP contribution in [0.5, 0.6) is 0 Å². The molecule has 3 heterocycles. The van der Waals surface area contributed by atoms with Gasteiger partial charge < -0.3 is 16.0 Å². The zero-order valence-electron chi connectivity index (χ0n) is 16.3. The average Bonchev–Trinajstić information content (AvgIpc) is 3.09. The van der Waals surface area contributed by atoms with Crippen molar-refractivity contribution in [1.82, 2.24) is 25.6 Å². The zero-order valence-corrected chi connectivity index (χ0v) is 16.3. The number of hydrogen-bond acceptors (Lipinski definition) is 5. The first-order valence-corrected chi connectivity index (χ1v) is 9.89. The molecule has 1 unspecified atom stereocenters. The van der Waals surface area contributed by atoms with Gasteiger partial charge in [-0.25, -0.2) is 4.68 Å². The molecule has 0 spiro atoms. The van der Waals surface area contributed by atoms with Crippen molar-refractivity contribution in [3.05, 3.63) is 40.7 Å². The smallest absolute Gasteiger partial charge is 0.274 e. The monoisotopic (exact) mass is 382 g/mol. The Morgan fingerprint density at radius 3 is 2.86 bits per heavy atom. The van der Waals surface area contributed by atoms with E-state index in [-0.39, 0.29) is 17.9 Å². The van der Waals surface area contributed by atoms with Crippen LogP contribution in [0, 0.1) is 6.92 Å². The van der Waals surface area contributed by atoms with Crippen molar-refractivity contribution in [2.24, 2.45) is 0 Å². The van der Waals surface area contributed by atoms with Gasteiger partial charge in [-0.2, -0.15) is 0 Å². The van der Waals surface area contributed by atoms with Crippen molar-refractivity contribution in [3.8, 4) is 0 Å². The van der Waals surface area contributed by atoms with Crippen molar-refractivity contribution in [3.63, 3.8) is 0 Å². The van der Waals surface area contributed by atoms with Crippen LogP contribution >= 0.6 is 0 Å². The summed E-state index contributed by atoms with van der Waals surface area (Å²) in [5.74, 6) is -0.162. The molecule has 1 aromatic heterocycles. The van der Waals surface area contributed by atoms with E-state index in [9.17, 15) is 9.59 Å². The summed E-state index contributed by atoms with van der Waals surface area (Å²) in [6.45, 7) is 5.78. The van der Waals surface area contributed by atoms with Gasteiger partial charge in [-0.1, -0.05) is 17.3 Å². The van der Waals surface area contributed by atoms with Crippen LogP contribution < -0.4 is 16.0 Å². The van der Waals surface area contributed by atoms with Crippen LogP contribution in [0.4, 0.5) is 5.69 Å². The van der Waals surface area contributed by atoms with Crippen molar-refractivity contribution >= 4 is 17.5 Å². The van der Waals surface area contributed by atoms with Gasteiger partial charge in [-0.15, -0.1) is 5.10 Å². The first-order valence-electron chi connectivity index (χ1n) is 9.89. The highest BCUT2D eigenvalue weighted by Gasteiger charge is 2.24. The predicted octanol–water partition coefficient (Wildman–Crippen LogP) is 1.89. The molecule has 1 fully saturated rings. The highest BCUT2D eigenvalue weighted by Crippen LogP contribution is 2.26. The molecule has 0 aliphatic carbocycles. The summed E-state index contributed by atoms with van der Waals surface area (Å²) in [7, 11) is 0. The number of nitrogens with one attached hydrogen (secondary N) is 3. The lowest BCUT2D eigenvalue weighted by molar-refractivity contribution is -0.116. The van der Waals surface area contributed by atoms with E-state index in [1.165, 1.54) is 0 Å². The summed E-state index contributed by atoms with van der Waals surface area (Å²) >= 11 is 0. The van der Waals surface area contributed by atoms with Crippen molar-refractivity contribution in [2.75, 3.05) is 18.4 Å². The fourth-order valence-corrected chi connectivity index (χ4v) is 3.97. The third-order valence-electron chi connectivity index (χ3n) is 5.67. The molecule has 1 atom stereocenters. The number of aryl methyl sites for hydroxylation is 1. The van der Waals surface area contributed by atoms with Gasteiger partial charge in [0.1, 0.15) is 0 Å². The van der Waals surface area contributed by atoms with Crippen LogP contribution in [-0.2, 0) is 11.2 Å². The molecule has 4 rings (SSSR count). The van der Waals surface area contributed by atoms with Crippen LogP contribution in [0.1, 0.15) is 65.6 Å². The standard InChI is InChI=1S/C20H26N6O2/c1-12(14-3-5-17-15(11-14)4-6-18(27)23-17)22-20(28)19-13(2)26(25-24-19)16-7-9-21-10-8-16/h3,5,11-12,16,21H,4,6-10H2,1-2H3,(H,22,28)(H,23,27). The summed E-state index contributed by atoms with van der Waals surface area (Å²) in [5.41, 5.74) is 4.16. The molecule has 0 radical (unpaired) electrons. The molecule has 0 bridgehead atoms. The summed E-state index contributed by atoms with van der Waals surface area (Å²) in [6.07, 6.45) is 3.20. The minimum absolute atomic E-state index is 0.0499. The van der Waals surface area contributed by atoms with Crippen LogP contribution in [0.15, 0.2) is 18.2 Å². The van der Waals surface area contributed by atoms with Crippen LogP contribution in [0.25, 0.3) is 0 Å². The molecule has 2 aliphatic rings. The lowest BCUT2D eigenvalue weighted by Crippen LogP contribution is -2.31. The highest BCUT2D eigenvalue weighted by molar-refractivity contribution is 5.94. The number of rotatable bonds is 4. The molecule has 0 saturated carbocycles. The van der Waals surface area contributed by atoms with E-state index in [1.54, 1.807) is 0 Å². The molecule has 1 aromatic carbocycles. The maximum absolute atomic E-state index is 12.8. The zero-order chi connectivity index (χ0) is 19.7. The van der Waals surface area contributed by atoms with Crippen molar-refractivity contribution in [1.29, 1.82) is 0 Å². The lowest BCUT2D eigenvalue weighted by Gasteiger charge is -2.23. The fourth-order valence-electron chi connectivity index (χ4n) is 3.97. The largest absolute Gasteiger partial charge is 0.344 e. The molecule has 2 aromatic rings. The minimum atomic E-state index is -0.212. The number of anilines is 1. The second kappa shape index (κ2) is 7.71. The second-order valence-corrected chi connectivity index (χ2v) is 7.61. The number of carbonyl (C=O) groups excluding carboxylic acids is 2. The van der Waals surface area contributed by atoms with E-state index in [4.69, 9.17) is 0 Å². The number of benzene rings is 1. The molecule has 8 nitrogen and oxygen atoms in total. The van der Waals surface area contributed by atoms with Gasteiger partial charge in [-0.05, 0) is 63.4 Å². The van der Waals surface area contributed by atoms with Crippen molar-refractivity contribution in [2.45, 2.75) is 51.6 Å². The number of nitrogens with zero attached hydrogens (tertiary/aromatic N) is 3. The van der Waals surface area contributed by atoms with Gasteiger partial charge in [0.25, 0.3) is 5.91 Å². The van der Waals surface area contributed by atoms with Gasteiger partial charge in [0.15, 0.2) is 5.69 Å². The summed E-state index contributed by atoms with van der Waals surface area (Å²) in [6, 6.07) is 6.03. The quantitative estimate of drug-likeness (QED) is 0.750. The Bertz CT molecular complexity index is 900. The number of hydrogen-bond donors (Lipinski definition) is 3. The first kappa shape index (κ1) is 18.6. The molecule has 1 saturated heterocycles. The highest BCUT2D eigenvalue weighted by atomic mass is 16.2. The van der Waals surface area contributed by atoms with Gasteiger partial charge in [0.2, 0.25) is 5.91 Å². The van der Waals surface area contributed by atoms with Gasteiger partial charge in [-0.3, -0.25) is 9.59 Å². The third-order valence-corrected chi connectivity index (χ3v) is 5.67. The van der Waals surface area contributed by atoms with Gasteiger partial charge in [0, 0.05) is 12.1 Å². The van der Waals surface area contributed by atoms with E-state index in [0.29, 0.717) is 18.2 Å². The van der Waals surface area contributed by atoms with E-state index in [1.807, 2.05) is 30.7 Å². The van der Waals surface area contributed by atoms with E-state index < -0.39 is 0 Å². The van der Waals surface area contributed by atoms with Crippen LogP contribution in [-0.4, -0.2) is 39.9 Å². The normalized spacial score (nSPS) is 18.3. The Morgan fingerprint density at radius 1 is 1.29 bits per heavy atom. The van der Waals surface area contributed by atoms with E-state index in [0.717, 1.165) is 54.9 Å². The molecule has 148 valence electrons. The summed E-state index contributed by atoms with van der Waals surface area (Å²) < 4.78 is 1.89. The molecule has 2 aliphatic heterocycles. The average molecular weight is 382 g/mol. The predicted molar refractivity (Wildman–Crippen MR) is 105 cm³/mol. The maximum atomic E-state index is 12.8. The Balaban J connectivity index is 1.46. The molecular formula is C20H26N6O2. The second-order valence-electron chi connectivity index (χ2n) is 7.61. The Kier molecular flexibility index (Phi) is 5.13. The molecule has 3 N–H and O–H groups in total. The SMILES string of the molecule is Cc1c(C(=O)NC(C)c2ccc3c(c2)CCC(=O)N3)nnn1C1CCNCC1. The number of fused-ring (bicyclic) bond motifs is 1. The van der Waals surface area contributed by atoms with Gasteiger partial charge >= 0.3 is 0 Å². The third kappa shape index (κ3) is 3.64. The lowest BCUT2D eigenvalue weighted by atomic mass is 9.97. The Morgan fingerprint density at radius 2 is 2.07 bits per heavy atom. The fraction of sp³-hybridized carbons (Fsp3) is 0.500. The number of carbonyl (C=O) groups is 2. The summed E-state index contributed by atoms with van der Waals surface area (Å²) in [5, 5.41) is 17.6. The first-order chi connectivity index (χ1) is 13.5. The molecule has 2 amide bonds. The molecular weight excluding hydrogens is 356 g/mol. The maximum Gasteiger partial charge on any atom is 0.274 e. The Labute approximate surface area is 164 Å². The summed E-state index contributed by atoms with van der Waals surface area (Å²) in [4.78, 5) is 24.3. The van der Waals surface area contributed by atoms with E-state index in [2.05, 4.69) is 32.3 Å².